The molecule has 5 nitrogen and oxygen atoms in total. The molecule has 3 aromatic rings. The van der Waals surface area contributed by atoms with E-state index in [1.807, 2.05) is 25.1 Å². The molecule has 3 rings (SSSR count). The lowest BCUT2D eigenvalue weighted by Gasteiger charge is -2.02. The van der Waals surface area contributed by atoms with Gasteiger partial charge < -0.3 is 4.98 Å². The van der Waals surface area contributed by atoms with Gasteiger partial charge in [0, 0.05) is 15.6 Å². The van der Waals surface area contributed by atoms with E-state index >= 15 is 0 Å². The Balaban J connectivity index is 1.80. The molecule has 0 aliphatic rings. The second-order valence-electron chi connectivity index (χ2n) is 5.35. The van der Waals surface area contributed by atoms with E-state index in [1.54, 1.807) is 30.3 Å². The number of fused-ring (bicyclic) bond motifs is 1. The van der Waals surface area contributed by atoms with Gasteiger partial charge in [0.2, 0.25) is 0 Å². The van der Waals surface area contributed by atoms with Gasteiger partial charge in [-0.3, -0.25) is 9.59 Å². The number of H-pyrrole nitrogens is 1. The first kappa shape index (κ1) is 16.1. The fourth-order valence-corrected chi connectivity index (χ4v) is 2.53. The molecular formula is C18H14BrN3O2. The fraction of sp³-hybridized carbons (Fsp3) is 0.0556. The van der Waals surface area contributed by atoms with Gasteiger partial charge >= 0.3 is 0 Å². The van der Waals surface area contributed by atoms with Crippen molar-refractivity contribution in [2.24, 2.45) is 5.10 Å². The summed E-state index contributed by atoms with van der Waals surface area (Å²) >= 11 is 3.31. The maximum Gasteiger partial charge on any atom is 0.271 e. The summed E-state index contributed by atoms with van der Waals surface area (Å²) in [6, 6.07) is 14.4. The van der Waals surface area contributed by atoms with Crippen LogP contribution in [0.5, 0.6) is 0 Å². The van der Waals surface area contributed by atoms with E-state index < -0.39 is 0 Å². The first-order chi connectivity index (χ1) is 11.5. The Labute approximate surface area is 146 Å². The van der Waals surface area contributed by atoms with Gasteiger partial charge in [0.15, 0.2) is 0 Å². The lowest BCUT2D eigenvalue weighted by Crippen LogP contribution is -2.19. The van der Waals surface area contributed by atoms with Crippen LogP contribution in [-0.2, 0) is 0 Å². The summed E-state index contributed by atoms with van der Waals surface area (Å²) in [7, 11) is 0. The van der Waals surface area contributed by atoms with Crippen molar-refractivity contribution in [1.29, 1.82) is 0 Å². The number of aromatic nitrogens is 1. The number of aryl methyl sites for hydroxylation is 1. The van der Waals surface area contributed by atoms with Gasteiger partial charge in [0.25, 0.3) is 11.5 Å². The number of hydrazone groups is 1. The highest BCUT2D eigenvalue weighted by Crippen LogP contribution is 2.12. The zero-order chi connectivity index (χ0) is 17.1. The molecule has 0 bridgehead atoms. The van der Waals surface area contributed by atoms with E-state index in [1.165, 1.54) is 6.21 Å². The predicted octanol–water partition coefficient (Wildman–Crippen LogP) is 3.36. The largest absolute Gasteiger partial charge is 0.321 e. The Bertz CT molecular complexity index is 991. The van der Waals surface area contributed by atoms with Crippen LogP contribution in [0.15, 0.2) is 62.9 Å². The number of carbonyl (C=O) groups excluding carboxylic acids is 1. The first-order valence-corrected chi connectivity index (χ1v) is 8.05. The third-order valence-electron chi connectivity index (χ3n) is 3.50. The number of benzene rings is 2. The molecule has 2 N–H and O–H groups in total. The molecule has 24 heavy (non-hydrogen) atoms. The molecular weight excluding hydrogens is 370 g/mol. The van der Waals surface area contributed by atoms with E-state index in [0.29, 0.717) is 11.1 Å². The monoisotopic (exact) mass is 383 g/mol. The van der Waals surface area contributed by atoms with Crippen molar-refractivity contribution < 1.29 is 4.79 Å². The standard InChI is InChI=1S/C18H14BrN3O2/c1-11-2-7-16-13(8-11)9-14(17(23)21-16)10-20-22-18(24)12-3-5-15(19)6-4-12/h2-10H,1H3,(H,21,23)(H,22,24)/b20-10+. The average molecular weight is 384 g/mol. The van der Waals surface area contributed by atoms with E-state index in [9.17, 15) is 9.59 Å². The number of rotatable bonds is 3. The lowest BCUT2D eigenvalue weighted by molar-refractivity contribution is 0.0955. The second-order valence-corrected chi connectivity index (χ2v) is 6.27. The van der Waals surface area contributed by atoms with Gasteiger partial charge in [-0.25, -0.2) is 5.43 Å². The third-order valence-corrected chi connectivity index (χ3v) is 4.03. The number of hydrogen-bond donors (Lipinski definition) is 2. The van der Waals surface area contributed by atoms with Crippen LogP contribution in [0.2, 0.25) is 0 Å². The van der Waals surface area contributed by atoms with Crippen LogP contribution in [0.4, 0.5) is 0 Å². The number of hydrogen-bond acceptors (Lipinski definition) is 3. The number of nitrogens with zero attached hydrogens (tertiary/aromatic N) is 1. The van der Waals surface area contributed by atoms with Gasteiger partial charge in [-0.2, -0.15) is 5.10 Å². The summed E-state index contributed by atoms with van der Waals surface area (Å²) < 4.78 is 0.889. The summed E-state index contributed by atoms with van der Waals surface area (Å²) in [4.78, 5) is 26.8. The maximum absolute atomic E-state index is 12.0. The molecule has 0 fully saturated rings. The molecule has 2 aromatic carbocycles. The lowest BCUT2D eigenvalue weighted by atomic mass is 10.1. The molecule has 0 saturated heterocycles. The Morgan fingerprint density at radius 3 is 2.67 bits per heavy atom. The minimum absolute atomic E-state index is 0.256. The number of carbonyl (C=O) groups is 1. The average Bonchev–Trinajstić information content (AvgIpc) is 2.56. The van der Waals surface area contributed by atoms with E-state index in [0.717, 1.165) is 20.9 Å². The quantitative estimate of drug-likeness (QED) is 0.537. The molecule has 1 aromatic heterocycles. The van der Waals surface area contributed by atoms with Crippen LogP contribution in [0.1, 0.15) is 21.5 Å². The molecule has 1 amide bonds. The molecule has 0 aliphatic heterocycles. The molecule has 6 heteroatoms. The Hall–Kier alpha value is -2.73. The van der Waals surface area contributed by atoms with Crippen LogP contribution in [0, 0.1) is 6.92 Å². The number of nitrogens with one attached hydrogen (secondary N) is 2. The topological polar surface area (TPSA) is 74.3 Å². The van der Waals surface area contributed by atoms with Crippen molar-refractivity contribution in [2.75, 3.05) is 0 Å². The van der Waals surface area contributed by atoms with E-state index in [2.05, 4.69) is 31.4 Å². The maximum atomic E-state index is 12.0. The number of halogens is 1. The van der Waals surface area contributed by atoms with Crippen LogP contribution in [-0.4, -0.2) is 17.1 Å². The van der Waals surface area contributed by atoms with Crippen LogP contribution in [0.3, 0.4) is 0 Å². The Kier molecular flexibility index (Phi) is 4.57. The zero-order valence-corrected chi connectivity index (χ0v) is 14.4. The molecule has 1 heterocycles. The van der Waals surface area contributed by atoms with Gasteiger partial charge in [-0.05, 0) is 54.8 Å². The minimum Gasteiger partial charge on any atom is -0.321 e. The number of aromatic amines is 1. The summed E-state index contributed by atoms with van der Waals surface area (Å²) in [5.74, 6) is -0.341. The summed E-state index contributed by atoms with van der Waals surface area (Å²) in [5, 5.41) is 4.79. The molecule has 0 radical (unpaired) electrons. The van der Waals surface area contributed by atoms with Gasteiger partial charge in [0.1, 0.15) is 0 Å². The summed E-state index contributed by atoms with van der Waals surface area (Å²) in [5.41, 5.74) is 4.89. The summed E-state index contributed by atoms with van der Waals surface area (Å²) in [6.45, 7) is 1.98. The number of pyridine rings is 1. The van der Waals surface area contributed by atoms with Crippen molar-refractivity contribution in [2.45, 2.75) is 6.92 Å². The van der Waals surface area contributed by atoms with Gasteiger partial charge in [-0.1, -0.05) is 27.6 Å². The Morgan fingerprint density at radius 1 is 1.17 bits per heavy atom. The fourth-order valence-electron chi connectivity index (χ4n) is 2.27. The van der Waals surface area contributed by atoms with E-state index in [4.69, 9.17) is 0 Å². The minimum atomic E-state index is -0.341. The highest BCUT2D eigenvalue weighted by atomic mass is 79.9. The molecule has 0 saturated carbocycles. The molecule has 0 unspecified atom stereocenters. The third kappa shape index (κ3) is 3.60. The highest BCUT2D eigenvalue weighted by Gasteiger charge is 2.04. The number of amides is 1. The van der Waals surface area contributed by atoms with Crippen molar-refractivity contribution in [1.82, 2.24) is 10.4 Å². The van der Waals surface area contributed by atoms with E-state index in [-0.39, 0.29) is 11.5 Å². The molecule has 0 atom stereocenters. The molecule has 0 spiro atoms. The van der Waals surface area contributed by atoms with Crippen molar-refractivity contribution in [3.8, 4) is 0 Å². The predicted molar refractivity (Wildman–Crippen MR) is 98.5 cm³/mol. The first-order valence-electron chi connectivity index (χ1n) is 7.25. The SMILES string of the molecule is Cc1ccc2[nH]c(=O)c(/C=N/NC(=O)c3ccc(Br)cc3)cc2c1. The normalized spacial score (nSPS) is 11.1. The molecule has 0 aliphatic carbocycles. The smallest absolute Gasteiger partial charge is 0.271 e. The highest BCUT2D eigenvalue weighted by molar-refractivity contribution is 9.10. The molecule has 120 valence electrons. The van der Waals surface area contributed by atoms with Crippen molar-refractivity contribution >= 4 is 39.0 Å². The van der Waals surface area contributed by atoms with Crippen LogP contribution in [0.25, 0.3) is 10.9 Å². The van der Waals surface area contributed by atoms with Crippen LogP contribution >= 0.6 is 15.9 Å². The van der Waals surface area contributed by atoms with Gasteiger partial charge in [-0.15, -0.1) is 0 Å². The van der Waals surface area contributed by atoms with Crippen molar-refractivity contribution in [3.05, 3.63) is 80.0 Å². The summed E-state index contributed by atoms with van der Waals surface area (Å²) in [6.07, 6.45) is 1.34. The van der Waals surface area contributed by atoms with Crippen LogP contribution < -0.4 is 11.0 Å². The second kappa shape index (κ2) is 6.80. The zero-order valence-electron chi connectivity index (χ0n) is 12.8. The Morgan fingerprint density at radius 2 is 1.92 bits per heavy atom. The van der Waals surface area contributed by atoms with Gasteiger partial charge in [0.05, 0.1) is 11.8 Å². The van der Waals surface area contributed by atoms with Crippen molar-refractivity contribution in [3.63, 3.8) is 0 Å².